The van der Waals surface area contributed by atoms with E-state index >= 15 is 0 Å². The Balaban J connectivity index is 2.65. The fourth-order valence-corrected chi connectivity index (χ4v) is 1.42. The molecule has 0 fully saturated rings. The van der Waals surface area contributed by atoms with Crippen molar-refractivity contribution in [1.29, 1.82) is 0 Å². The number of nitrogens with zero attached hydrogens (tertiary/aromatic N) is 4. The number of aromatic nitrogens is 4. The van der Waals surface area contributed by atoms with E-state index in [0.717, 1.165) is 16.6 Å². The molecule has 0 aromatic carbocycles. The van der Waals surface area contributed by atoms with Crippen molar-refractivity contribution in [3.63, 3.8) is 0 Å². The summed E-state index contributed by atoms with van der Waals surface area (Å²) in [7, 11) is 0. The van der Waals surface area contributed by atoms with E-state index in [1.165, 1.54) is 0 Å². The topological polar surface area (TPSA) is 43.1 Å². The third kappa shape index (κ3) is 0.823. The largest absolute Gasteiger partial charge is 0.287 e. The first-order chi connectivity index (χ1) is 6.45. The number of fused-ring (bicyclic) bond motifs is 3. The summed E-state index contributed by atoms with van der Waals surface area (Å²) in [4.78, 5) is 4.26. The Kier molecular flexibility index (Phi) is 1.14. The van der Waals surface area contributed by atoms with Crippen LogP contribution in [-0.2, 0) is 0 Å². The predicted octanol–water partition coefficient (Wildman–Crippen LogP) is 1.28. The van der Waals surface area contributed by atoms with E-state index in [0.29, 0.717) is 0 Å². The Bertz CT molecular complexity index is 570. The third-order valence-electron chi connectivity index (χ3n) is 2.04. The summed E-state index contributed by atoms with van der Waals surface area (Å²) in [6, 6.07) is 5.92. The molecule has 0 atom stereocenters. The van der Waals surface area contributed by atoms with Crippen molar-refractivity contribution in [2.45, 2.75) is 0 Å². The highest BCUT2D eigenvalue weighted by Gasteiger charge is 2.01. The predicted molar refractivity (Wildman–Crippen MR) is 48.3 cm³/mol. The second-order valence-corrected chi connectivity index (χ2v) is 2.82. The van der Waals surface area contributed by atoms with Gasteiger partial charge in [-0.15, -0.1) is 10.2 Å². The van der Waals surface area contributed by atoms with E-state index in [2.05, 4.69) is 15.2 Å². The van der Waals surface area contributed by atoms with E-state index in [1.54, 1.807) is 12.5 Å². The maximum atomic E-state index is 4.26. The molecule has 0 spiro atoms. The van der Waals surface area contributed by atoms with Crippen LogP contribution in [-0.4, -0.2) is 19.6 Å². The molecule has 62 valence electrons. The molecule has 3 aromatic rings. The monoisotopic (exact) mass is 170 g/mol. The molecule has 0 bridgehead atoms. The van der Waals surface area contributed by atoms with Gasteiger partial charge in [0.15, 0.2) is 5.65 Å². The molecular weight excluding hydrogens is 164 g/mol. The number of hydrogen-bond acceptors (Lipinski definition) is 3. The highest BCUT2D eigenvalue weighted by atomic mass is 15.2. The molecule has 0 saturated carbocycles. The van der Waals surface area contributed by atoms with E-state index in [1.807, 2.05) is 28.8 Å². The fraction of sp³-hybridized carbons (Fsp3) is 0. The molecule has 0 amide bonds. The Morgan fingerprint density at radius 2 is 2.23 bits per heavy atom. The van der Waals surface area contributed by atoms with Gasteiger partial charge in [-0.1, -0.05) is 6.07 Å². The van der Waals surface area contributed by atoms with Gasteiger partial charge < -0.3 is 0 Å². The summed E-state index contributed by atoms with van der Waals surface area (Å²) in [6.45, 7) is 0. The molecule has 0 unspecified atom stereocenters. The number of hydrogen-bond donors (Lipinski definition) is 0. The smallest absolute Gasteiger partial charge is 0.187 e. The van der Waals surface area contributed by atoms with Gasteiger partial charge in [-0.05, 0) is 12.1 Å². The Hall–Kier alpha value is -1.97. The lowest BCUT2D eigenvalue weighted by molar-refractivity contribution is 1.10. The first-order valence-corrected chi connectivity index (χ1v) is 3.98. The first kappa shape index (κ1) is 6.54. The van der Waals surface area contributed by atoms with Crippen LogP contribution in [0.5, 0.6) is 0 Å². The minimum absolute atomic E-state index is 0.804. The quantitative estimate of drug-likeness (QED) is 0.510. The van der Waals surface area contributed by atoms with Gasteiger partial charge in [0, 0.05) is 17.8 Å². The van der Waals surface area contributed by atoms with Crippen molar-refractivity contribution < 1.29 is 0 Å². The zero-order chi connectivity index (χ0) is 8.67. The minimum atomic E-state index is 0.804. The van der Waals surface area contributed by atoms with E-state index < -0.39 is 0 Å². The first-order valence-electron chi connectivity index (χ1n) is 3.98. The number of rotatable bonds is 0. The zero-order valence-electron chi connectivity index (χ0n) is 6.75. The van der Waals surface area contributed by atoms with Gasteiger partial charge in [0.1, 0.15) is 11.8 Å². The summed E-state index contributed by atoms with van der Waals surface area (Å²) in [5.74, 6) is 0. The second kappa shape index (κ2) is 2.26. The van der Waals surface area contributed by atoms with Crippen LogP contribution in [0.3, 0.4) is 0 Å². The molecule has 4 nitrogen and oxygen atoms in total. The van der Waals surface area contributed by atoms with Gasteiger partial charge >= 0.3 is 0 Å². The zero-order valence-corrected chi connectivity index (χ0v) is 6.75. The van der Waals surface area contributed by atoms with Crippen molar-refractivity contribution in [3.05, 3.63) is 36.9 Å². The highest BCUT2D eigenvalue weighted by Crippen LogP contribution is 2.14. The van der Waals surface area contributed by atoms with Crippen molar-refractivity contribution in [1.82, 2.24) is 19.6 Å². The van der Waals surface area contributed by atoms with Crippen LogP contribution in [0.4, 0.5) is 0 Å². The lowest BCUT2D eigenvalue weighted by Crippen LogP contribution is -1.86. The summed E-state index contributed by atoms with van der Waals surface area (Å²) < 4.78 is 1.86. The minimum Gasteiger partial charge on any atom is -0.287 e. The van der Waals surface area contributed by atoms with E-state index in [4.69, 9.17) is 0 Å². The lowest BCUT2D eigenvalue weighted by Gasteiger charge is -1.96. The van der Waals surface area contributed by atoms with Crippen molar-refractivity contribution in [2.24, 2.45) is 0 Å². The van der Waals surface area contributed by atoms with Gasteiger partial charge in [-0.25, -0.2) is 0 Å². The summed E-state index contributed by atoms with van der Waals surface area (Å²) in [5, 5.41) is 8.91. The maximum Gasteiger partial charge on any atom is 0.187 e. The van der Waals surface area contributed by atoms with Crippen molar-refractivity contribution in [3.8, 4) is 0 Å². The molecule has 0 aliphatic heterocycles. The molecule has 0 saturated heterocycles. The molecule has 3 heterocycles. The average Bonchev–Trinajstić information content (AvgIpc) is 2.65. The Labute approximate surface area is 73.9 Å². The fourth-order valence-electron chi connectivity index (χ4n) is 1.42. The molecule has 3 aromatic heterocycles. The van der Waals surface area contributed by atoms with Gasteiger partial charge in [-0.2, -0.15) is 0 Å². The Morgan fingerprint density at radius 3 is 3.23 bits per heavy atom. The highest BCUT2D eigenvalue weighted by molar-refractivity contribution is 5.89. The van der Waals surface area contributed by atoms with Gasteiger partial charge in [0.2, 0.25) is 0 Å². The van der Waals surface area contributed by atoms with Crippen LogP contribution in [0, 0.1) is 0 Å². The number of pyridine rings is 2. The van der Waals surface area contributed by atoms with Crippen molar-refractivity contribution in [2.75, 3.05) is 0 Å². The van der Waals surface area contributed by atoms with Crippen LogP contribution in [0.15, 0.2) is 36.9 Å². The molecule has 0 N–H and O–H groups in total. The van der Waals surface area contributed by atoms with Crippen molar-refractivity contribution >= 4 is 16.6 Å². The molecule has 0 aliphatic rings. The van der Waals surface area contributed by atoms with E-state index in [9.17, 15) is 0 Å². The average molecular weight is 170 g/mol. The van der Waals surface area contributed by atoms with E-state index in [-0.39, 0.29) is 0 Å². The Morgan fingerprint density at radius 1 is 1.23 bits per heavy atom. The van der Waals surface area contributed by atoms with Gasteiger partial charge in [-0.3, -0.25) is 9.38 Å². The van der Waals surface area contributed by atoms with Crippen LogP contribution in [0.25, 0.3) is 16.6 Å². The van der Waals surface area contributed by atoms with Crippen LogP contribution < -0.4 is 0 Å². The SMILES string of the molecule is c1cnc2c(c1)ccn1cnnc21. The third-order valence-corrected chi connectivity index (χ3v) is 2.04. The molecule has 13 heavy (non-hydrogen) atoms. The molecule has 0 radical (unpaired) electrons. The van der Waals surface area contributed by atoms with Gasteiger partial charge in [0.05, 0.1) is 0 Å². The molecule has 3 rings (SSSR count). The lowest BCUT2D eigenvalue weighted by atomic mass is 10.2. The standard InChI is InChI=1S/C9H6N4/c1-2-7-3-5-13-6-11-12-9(13)8(7)10-4-1/h1-6H. The maximum absolute atomic E-state index is 4.26. The molecule has 4 heteroatoms. The normalized spacial score (nSPS) is 11.1. The summed E-state index contributed by atoms with van der Waals surface area (Å²) in [5.41, 5.74) is 1.70. The molecule has 0 aliphatic carbocycles. The van der Waals surface area contributed by atoms with Gasteiger partial charge in [0.25, 0.3) is 0 Å². The summed E-state index contributed by atoms with van der Waals surface area (Å²) in [6.07, 6.45) is 5.36. The van der Waals surface area contributed by atoms with Crippen LogP contribution in [0.1, 0.15) is 0 Å². The van der Waals surface area contributed by atoms with Crippen LogP contribution >= 0.6 is 0 Å². The van der Waals surface area contributed by atoms with Crippen LogP contribution in [0.2, 0.25) is 0 Å². The summed E-state index contributed by atoms with van der Waals surface area (Å²) >= 11 is 0. The second-order valence-electron chi connectivity index (χ2n) is 2.82. The molecular formula is C9H6N4.